The van der Waals surface area contributed by atoms with Crippen LogP contribution < -0.4 is 15.4 Å². The summed E-state index contributed by atoms with van der Waals surface area (Å²) in [6, 6.07) is 11.5. The first-order chi connectivity index (χ1) is 15.7. The first-order valence-corrected chi connectivity index (χ1v) is 11.2. The highest BCUT2D eigenvalue weighted by Gasteiger charge is 2.07. The molecule has 2 aromatic heterocycles. The number of nitrogens with one attached hydrogen (secondary N) is 2. The molecule has 0 atom stereocenters. The maximum atomic E-state index is 9.50. The van der Waals surface area contributed by atoms with Gasteiger partial charge in [0.15, 0.2) is 0 Å². The smallest absolute Gasteiger partial charge is 0.227 e. The molecule has 172 valence electrons. The topological polar surface area (TPSA) is 92.2 Å². The lowest BCUT2D eigenvalue weighted by molar-refractivity contribution is 0.274. The molecule has 2 heterocycles. The van der Waals surface area contributed by atoms with Crippen molar-refractivity contribution in [2.75, 3.05) is 26.0 Å². The lowest BCUT2D eigenvalue weighted by Gasteiger charge is -2.10. The van der Waals surface area contributed by atoms with Gasteiger partial charge in [0.1, 0.15) is 5.75 Å². The molecule has 0 amide bonds. The summed E-state index contributed by atoms with van der Waals surface area (Å²) in [6.45, 7) is 4.96. The van der Waals surface area contributed by atoms with Gasteiger partial charge in [0, 0.05) is 34.9 Å². The summed E-state index contributed by atoms with van der Waals surface area (Å²) in [5, 5.41) is 15.9. The summed E-state index contributed by atoms with van der Waals surface area (Å²) in [4.78, 5) is 13.5. The third-order valence-corrected chi connectivity index (χ3v) is 4.84. The largest absolute Gasteiger partial charge is 0.496 e. The molecular formula is C25H35N5O2. The number of aromatic nitrogens is 3. The van der Waals surface area contributed by atoms with Gasteiger partial charge in [0.2, 0.25) is 5.95 Å². The van der Waals surface area contributed by atoms with E-state index in [1.807, 2.05) is 45.3 Å². The van der Waals surface area contributed by atoms with E-state index in [0.29, 0.717) is 17.3 Å². The van der Waals surface area contributed by atoms with E-state index in [1.165, 1.54) is 12.8 Å². The zero-order valence-corrected chi connectivity index (χ0v) is 19.6. The molecule has 0 unspecified atom stereocenters. The molecule has 0 bridgehead atoms. The van der Waals surface area contributed by atoms with E-state index in [0.717, 1.165) is 42.0 Å². The van der Waals surface area contributed by atoms with Crippen LogP contribution in [-0.2, 0) is 13.0 Å². The van der Waals surface area contributed by atoms with E-state index >= 15 is 0 Å². The minimum absolute atomic E-state index is 0.104. The Balaban J connectivity index is 0.00000176. The average molecular weight is 438 g/mol. The number of aliphatic hydroxyl groups is 1. The Bertz CT molecular complexity index is 932. The lowest BCUT2D eigenvalue weighted by atomic mass is 10.1. The molecule has 32 heavy (non-hydrogen) atoms. The van der Waals surface area contributed by atoms with Gasteiger partial charge in [-0.05, 0) is 69.3 Å². The third kappa shape index (κ3) is 7.59. The van der Waals surface area contributed by atoms with Gasteiger partial charge in [-0.15, -0.1) is 0 Å². The molecule has 0 radical (unpaired) electrons. The summed E-state index contributed by atoms with van der Waals surface area (Å²) < 4.78 is 5.24. The molecule has 0 aliphatic carbocycles. The molecule has 0 fully saturated rings. The zero-order valence-electron chi connectivity index (χ0n) is 19.6. The Morgan fingerprint density at radius 3 is 2.53 bits per heavy atom. The number of pyridine rings is 1. The number of nitrogens with zero attached hydrogens (tertiary/aromatic N) is 3. The molecule has 0 aliphatic rings. The van der Waals surface area contributed by atoms with E-state index in [9.17, 15) is 5.11 Å². The number of unbranched alkanes of at least 4 members (excludes halogenated alkanes) is 2. The summed E-state index contributed by atoms with van der Waals surface area (Å²) in [5.41, 5.74) is 4.33. The molecule has 1 aromatic carbocycles. The molecule has 0 saturated heterocycles. The van der Waals surface area contributed by atoms with Crippen LogP contribution in [0.15, 0.2) is 48.8 Å². The maximum Gasteiger partial charge on any atom is 0.227 e. The highest BCUT2D eigenvalue weighted by atomic mass is 16.5. The van der Waals surface area contributed by atoms with Crippen LogP contribution in [-0.4, -0.2) is 40.8 Å². The zero-order chi connectivity index (χ0) is 23.2. The first-order valence-electron chi connectivity index (χ1n) is 11.2. The van der Waals surface area contributed by atoms with Gasteiger partial charge in [-0.3, -0.25) is 4.98 Å². The Hall–Kier alpha value is -3.03. The van der Waals surface area contributed by atoms with Gasteiger partial charge in [-0.25, -0.2) is 9.97 Å². The molecular weight excluding hydrogens is 402 g/mol. The fraction of sp³-hybridized carbons (Fsp3) is 0.400. The highest BCUT2D eigenvalue weighted by molar-refractivity contribution is 5.62. The van der Waals surface area contributed by atoms with Crippen LogP contribution in [0.2, 0.25) is 0 Å². The van der Waals surface area contributed by atoms with E-state index in [4.69, 9.17) is 4.74 Å². The van der Waals surface area contributed by atoms with Gasteiger partial charge >= 0.3 is 0 Å². The highest BCUT2D eigenvalue weighted by Crippen LogP contribution is 2.25. The summed E-state index contributed by atoms with van der Waals surface area (Å²) in [6.07, 6.45) is 8.12. The Morgan fingerprint density at radius 2 is 1.84 bits per heavy atom. The van der Waals surface area contributed by atoms with E-state index in [1.54, 1.807) is 19.4 Å². The predicted octanol–water partition coefficient (Wildman–Crippen LogP) is 4.74. The molecule has 3 aromatic rings. The molecule has 7 nitrogen and oxygen atoms in total. The van der Waals surface area contributed by atoms with Crippen LogP contribution in [0.1, 0.15) is 44.4 Å². The number of methoxy groups -OCH3 is 1. The van der Waals surface area contributed by atoms with Crippen molar-refractivity contribution in [2.24, 2.45) is 0 Å². The Kier molecular flexibility index (Phi) is 11.1. The van der Waals surface area contributed by atoms with Crippen molar-refractivity contribution in [2.45, 2.75) is 46.1 Å². The third-order valence-electron chi connectivity index (χ3n) is 4.84. The second kappa shape index (κ2) is 14.1. The van der Waals surface area contributed by atoms with Crippen LogP contribution in [0.3, 0.4) is 0 Å². The van der Waals surface area contributed by atoms with Crippen LogP contribution in [0.25, 0.3) is 11.3 Å². The van der Waals surface area contributed by atoms with Crippen LogP contribution in [0, 0.1) is 0 Å². The fourth-order valence-electron chi connectivity index (χ4n) is 3.20. The van der Waals surface area contributed by atoms with E-state index in [-0.39, 0.29) is 6.61 Å². The van der Waals surface area contributed by atoms with E-state index < -0.39 is 0 Å². The van der Waals surface area contributed by atoms with Gasteiger partial charge in [0.25, 0.3) is 0 Å². The molecule has 3 rings (SSSR count). The molecule has 0 aliphatic heterocycles. The monoisotopic (exact) mass is 437 g/mol. The number of aliphatic hydroxyl groups excluding tert-OH is 1. The molecule has 7 heteroatoms. The van der Waals surface area contributed by atoms with Gasteiger partial charge in [-0.1, -0.05) is 20.3 Å². The maximum absolute atomic E-state index is 9.50. The minimum Gasteiger partial charge on any atom is -0.496 e. The van der Waals surface area contributed by atoms with Gasteiger partial charge in [-0.2, -0.15) is 0 Å². The van der Waals surface area contributed by atoms with Crippen LogP contribution in [0.4, 0.5) is 11.6 Å². The SMILES string of the molecule is CC.CNCCCCCc1ccc(-c2ccnc(Nc3ccc(OC)c(CO)c3)n2)cn1. The number of ether oxygens (including phenoxy) is 1. The predicted molar refractivity (Wildman–Crippen MR) is 130 cm³/mol. The summed E-state index contributed by atoms with van der Waals surface area (Å²) in [5.74, 6) is 1.13. The first kappa shape index (κ1) is 25.2. The normalized spacial score (nSPS) is 10.3. The number of benzene rings is 1. The molecule has 3 N–H and O–H groups in total. The minimum atomic E-state index is -0.104. The van der Waals surface area contributed by atoms with Crippen molar-refractivity contribution in [3.8, 4) is 17.0 Å². The number of hydrogen-bond donors (Lipinski definition) is 3. The number of rotatable bonds is 11. The van der Waals surface area contributed by atoms with Crippen molar-refractivity contribution in [1.29, 1.82) is 0 Å². The summed E-state index contributed by atoms with van der Waals surface area (Å²) >= 11 is 0. The Labute approximate surface area is 191 Å². The van der Waals surface area contributed by atoms with E-state index in [2.05, 4.69) is 37.7 Å². The lowest BCUT2D eigenvalue weighted by Crippen LogP contribution is -2.07. The second-order valence-electron chi connectivity index (χ2n) is 7.03. The number of hydrogen-bond acceptors (Lipinski definition) is 7. The standard InChI is InChI=1S/C23H29N5O2.C2H6/c1-24-12-5-3-4-6-19-8-7-17(15-26-19)21-11-13-25-23(28-21)27-20-9-10-22(30-2)18(14-20)16-29;1-2/h7-11,13-15,24,29H,3-6,12,16H2,1-2H3,(H,25,27,28);1-2H3. The van der Waals surface area contributed by atoms with Gasteiger partial charge in [0.05, 0.1) is 19.4 Å². The van der Waals surface area contributed by atoms with Crippen LogP contribution in [0.5, 0.6) is 5.75 Å². The average Bonchev–Trinajstić information content (AvgIpc) is 2.85. The number of anilines is 2. The van der Waals surface area contributed by atoms with Crippen molar-refractivity contribution >= 4 is 11.6 Å². The second-order valence-corrected chi connectivity index (χ2v) is 7.03. The number of aryl methyl sites for hydroxylation is 1. The molecule has 0 spiro atoms. The van der Waals surface area contributed by atoms with Crippen molar-refractivity contribution in [3.05, 3.63) is 60.0 Å². The Morgan fingerprint density at radius 1 is 1.00 bits per heavy atom. The quantitative estimate of drug-likeness (QED) is 0.373. The van der Waals surface area contributed by atoms with Gasteiger partial charge < -0.3 is 20.5 Å². The van der Waals surface area contributed by atoms with Crippen molar-refractivity contribution < 1.29 is 9.84 Å². The molecule has 0 saturated carbocycles. The fourth-order valence-corrected chi connectivity index (χ4v) is 3.20. The van der Waals surface area contributed by atoms with Crippen LogP contribution >= 0.6 is 0 Å². The summed E-state index contributed by atoms with van der Waals surface area (Å²) in [7, 11) is 3.56. The van der Waals surface area contributed by atoms with Crippen molar-refractivity contribution in [1.82, 2.24) is 20.3 Å². The van der Waals surface area contributed by atoms with Crippen molar-refractivity contribution in [3.63, 3.8) is 0 Å².